The average Bonchev–Trinajstić information content (AvgIpc) is 2.34. The monoisotopic (exact) mass is 312 g/mol. The Balaban J connectivity index is 2.31. The van der Waals surface area contributed by atoms with Gasteiger partial charge in [-0.2, -0.15) is 0 Å². The van der Waals surface area contributed by atoms with Gasteiger partial charge in [-0.25, -0.2) is 8.78 Å². The van der Waals surface area contributed by atoms with Crippen molar-refractivity contribution < 1.29 is 18.3 Å². The minimum absolute atomic E-state index is 0.208. The standard InChI is InChI=1S/C13H7BrF2O2/c14-11-6-10(3-1-8(11)7-17)18-13-5-9(15)2-4-12(13)16/h1-7H. The van der Waals surface area contributed by atoms with E-state index in [-0.39, 0.29) is 5.75 Å². The molecule has 0 heterocycles. The highest BCUT2D eigenvalue weighted by atomic mass is 79.9. The van der Waals surface area contributed by atoms with E-state index >= 15 is 0 Å². The molecule has 0 aliphatic carbocycles. The highest BCUT2D eigenvalue weighted by Crippen LogP contribution is 2.28. The van der Waals surface area contributed by atoms with E-state index in [1.54, 1.807) is 0 Å². The van der Waals surface area contributed by atoms with Crippen LogP contribution in [0, 0.1) is 11.6 Å². The molecule has 2 rings (SSSR count). The molecule has 2 nitrogen and oxygen atoms in total. The van der Waals surface area contributed by atoms with Crippen LogP contribution >= 0.6 is 15.9 Å². The molecule has 0 aliphatic heterocycles. The minimum Gasteiger partial charge on any atom is -0.454 e. The lowest BCUT2D eigenvalue weighted by molar-refractivity contribution is 0.112. The molecule has 0 saturated heterocycles. The molecule has 0 aliphatic rings. The summed E-state index contributed by atoms with van der Waals surface area (Å²) in [7, 11) is 0. The molecule has 0 spiro atoms. The highest BCUT2D eigenvalue weighted by molar-refractivity contribution is 9.10. The van der Waals surface area contributed by atoms with E-state index in [1.807, 2.05) is 0 Å². The van der Waals surface area contributed by atoms with Crippen molar-refractivity contribution in [2.75, 3.05) is 0 Å². The molecule has 0 aromatic heterocycles. The third-order valence-corrected chi connectivity index (χ3v) is 2.91. The van der Waals surface area contributed by atoms with Crippen molar-refractivity contribution in [1.29, 1.82) is 0 Å². The number of hydrogen-bond acceptors (Lipinski definition) is 2. The molecule has 2 aromatic carbocycles. The number of aldehydes is 1. The molecule has 0 radical (unpaired) electrons. The van der Waals surface area contributed by atoms with Crippen LogP contribution in [0.5, 0.6) is 11.5 Å². The number of carbonyl (C=O) groups is 1. The Morgan fingerprint density at radius 3 is 2.56 bits per heavy atom. The summed E-state index contributed by atoms with van der Waals surface area (Å²) in [5, 5.41) is 0. The molecule has 0 atom stereocenters. The second-order valence-electron chi connectivity index (χ2n) is 3.48. The van der Waals surface area contributed by atoms with Crippen LogP contribution in [-0.2, 0) is 0 Å². The topological polar surface area (TPSA) is 26.3 Å². The first kappa shape index (κ1) is 12.7. The maximum absolute atomic E-state index is 13.3. The summed E-state index contributed by atoms with van der Waals surface area (Å²) in [4.78, 5) is 10.6. The van der Waals surface area contributed by atoms with Crippen molar-refractivity contribution in [3.8, 4) is 11.5 Å². The number of ether oxygens (including phenoxy) is 1. The van der Waals surface area contributed by atoms with Crippen LogP contribution in [0.1, 0.15) is 10.4 Å². The summed E-state index contributed by atoms with van der Waals surface area (Å²) < 4.78 is 32.0. The van der Waals surface area contributed by atoms with Crippen molar-refractivity contribution in [1.82, 2.24) is 0 Å². The van der Waals surface area contributed by atoms with Crippen molar-refractivity contribution >= 4 is 22.2 Å². The van der Waals surface area contributed by atoms with Gasteiger partial charge in [0.25, 0.3) is 0 Å². The van der Waals surface area contributed by atoms with Gasteiger partial charge in [-0.1, -0.05) is 0 Å². The zero-order valence-electron chi connectivity index (χ0n) is 8.99. The third kappa shape index (κ3) is 2.73. The number of halogens is 3. The second kappa shape index (κ2) is 5.27. The van der Waals surface area contributed by atoms with Crippen molar-refractivity contribution in [2.24, 2.45) is 0 Å². The first-order valence-corrected chi connectivity index (χ1v) is 5.77. The fraction of sp³-hybridized carbons (Fsp3) is 0. The maximum Gasteiger partial charge on any atom is 0.165 e. The van der Waals surface area contributed by atoms with Crippen LogP contribution in [0.4, 0.5) is 8.78 Å². The summed E-state index contributed by atoms with van der Waals surface area (Å²) in [5.41, 5.74) is 0.446. The summed E-state index contributed by atoms with van der Waals surface area (Å²) in [6.07, 6.45) is 0.677. The van der Waals surface area contributed by atoms with Gasteiger partial charge >= 0.3 is 0 Å². The van der Waals surface area contributed by atoms with Gasteiger partial charge in [0.1, 0.15) is 11.6 Å². The SMILES string of the molecule is O=Cc1ccc(Oc2cc(F)ccc2F)cc1Br. The van der Waals surface area contributed by atoms with Gasteiger partial charge in [0.2, 0.25) is 0 Å². The smallest absolute Gasteiger partial charge is 0.165 e. The summed E-state index contributed by atoms with van der Waals surface area (Å²) in [6.45, 7) is 0. The Labute approximate surface area is 110 Å². The van der Waals surface area contributed by atoms with Crippen LogP contribution in [0.15, 0.2) is 40.9 Å². The van der Waals surface area contributed by atoms with Crippen molar-refractivity contribution in [2.45, 2.75) is 0 Å². The average molecular weight is 313 g/mol. The largest absolute Gasteiger partial charge is 0.454 e. The summed E-state index contributed by atoms with van der Waals surface area (Å²) >= 11 is 3.17. The van der Waals surface area contributed by atoms with Crippen LogP contribution in [0.3, 0.4) is 0 Å². The van der Waals surface area contributed by atoms with Gasteiger partial charge in [0.15, 0.2) is 17.9 Å². The second-order valence-corrected chi connectivity index (χ2v) is 4.33. The molecule has 18 heavy (non-hydrogen) atoms. The Morgan fingerprint density at radius 2 is 1.89 bits per heavy atom. The maximum atomic E-state index is 13.3. The van der Waals surface area contributed by atoms with E-state index in [9.17, 15) is 13.6 Å². The Bertz CT molecular complexity index is 600. The predicted molar refractivity (Wildman–Crippen MR) is 66.0 cm³/mol. The lowest BCUT2D eigenvalue weighted by atomic mass is 10.2. The van der Waals surface area contributed by atoms with Crippen LogP contribution in [-0.4, -0.2) is 6.29 Å². The van der Waals surface area contributed by atoms with E-state index in [1.165, 1.54) is 18.2 Å². The van der Waals surface area contributed by atoms with Crippen molar-refractivity contribution in [3.63, 3.8) is 0 Å². The number of rotatable bonds is 3. The van der Waals surface area contributed by atoms with Gasteiger partial charge in [0, 0.05) is 16.1 Å². The number of carbonyl (C=O) groups excluding carboxylic acids is 1. The molecular formula is C13H7BrF2O2. The van der Waals surface area contributed by atoms with E-state index in [4.69, 9.17) is 4.74 Å². The van der Waals surface area contributed by atoms with Gasteiger partial charge in [-0.05, 0) is 46.3 Å². The first-order valence-electron chi connectivity index (χ1n) is 4.98. The van der Waals surface area contributed by atoms with E-state index in [2.05, 4.69) is 15.9 Å². The Hall–Kier alpha value is -1.75. The Kier molecular flexibility index (Phi) is 3.72. The van der Waals surface area contributed by atoms with Crippen LogP contribution < -0.4 is 4.74 Å². The molecule has 0 fully saturated rings. The first-order chi connectivity index (χ1) is 8.60. The number of hydrogen-bond donors (Lipinski definition) is 0. The van der Waals surface area contributed by atoms with E-state index in [0.717, 1.165) is 18.2 Å². The number of benzene rings is 2. The van der Waals surface area contributed by atoms with Crippen LogP contribution in [0.25, 0.3) is 0 Å². The lowest BCUT2D eigenvalue weighted by Gasteiger charge is -2.07. The normalized spacial score (nSPS) is 10.2. The zero-order valence-corrected chi connectivity index (χ0v) is 10.6. The minimum atomic E-state index is -0.660. The molecule has 0 amide bonds. The van der Waals surface area contributed by atoms with E-state index < -0.39 is 11.6 Å². The quantitative estimate of drug-likeness (QED) is 0.788. The Morgan fingerprint density at radius 1 is 1.11 bits per heavy atom. The van der Waals surface area contributed by atoms with E-state index in [0.29, 0.717) is 22.1 Å². The summed E-state index contributed by atoms with van der Waals surface area (Å²) in [5.74, 6) is -1.15. The van der Waals surface area contributed by atoms with Gasteiger partial charge in [-0.15, -0.1) is 0 Å². The molecule has 0 saturated carbocycles. The van der Waals surface area contributed by atoms with Crippen molar-refractivity contribution in [3.05, 3.63) is 58.1 Å². The molecule has 0 N–H and O–H groups in total. The molecule has 92 valence electrons. The molecule has 2 aromatic rings. The third-order valence-electron chi connectivity index (χ3n) is 2.22. The zero-order chi connectivity index (χ0) is 13.1. The van der Waals surface area contributed by atoms with Crippen LogP contribution in [0.2, 0.25) is 0 Å². The molecular weight excluding hydrogens is 306 g/mol. The highest BCUT2D eigenvalue weighted by Gasteiger charge is 2.08. The molecule has 5 heteroatoms. The lowest BCUT2D eigenvalue weighted by Crippen LogP contribution is -1.91. The predicted octanol–water partition coefficient (Wildman–Crippen LogP) is 4.33. The molecule has 0 bridgehead atoms. The fourth-order valence-corrected chi connectivity index (χ4v) is 1.80. The van der Waals surface area contributed by atoms with Gasteiger partial charge < -0.3 is 4.74 Å². The van der Waals surface area contributed by atoms with Gasteiger partial charge in [-0.3, -0.25) is 4.79 Å². The van der Waals surface area contributed by atoms with Gasteiger partial charge in [0.05, 0.1) is 0 Å². The fourth-order valence-electron chi connectivity index (χ4n) is 1.35. The molecule has 0 unspecified atom stereocenters. The summed E-state index contributed by atoms with van der Waals surface area (Å²) in [6, 6.07) is 7.47.